The largest absolute Gasteiger partial charge is 0.490 e. The summed E-state index contributed by atoms with van der Waals surface area (Å²) >= 11 is 6.04. The lowest BCUT2D eigenvalue weighted by Gasteiger charge is -2.29. The van der Waals surface area contributed by atoms with Crippen molar-refractivity contribution in [1.29, 1.82) is 0 Å². The van der Waals surface area contributed by atoms with Gasteiger partial charge in [0.1, 0.15) is 0 Å². The van der Waals surface area contributed by atoms with Gasteiger partial charge in [0.25, 0.3) is 0 Å². The second-order valence-electron chi connectivity index (χ2n) is 6.90. The zero-order valence-corrected chi connectivity index (χ0v) is 17.4. The third-order valence-electron chi connectivity index (χ3n) is 4.80. The minimum atomic E-state index is -0.0372. The number of rotatable bonds is 7. The van der Waals surface area contributed by atoms with Crippen molar-refractivity contribution in [3.8, 4) is 11.5 Å². The predicted octanol–water partition coefficient (Wildman–Crippen LogP) is 4.44. The molecule has 0 aromatic heterocycles. The Balaban J connectivity index is 1.68. The second kappa shape index (κ2) is 9.30. The van der Waals surface area contributed by atoms with Crippen LogP contribution in [-0.4, -0.2) is 37.1 Å². The van der Waals surface area contributed by atoms with Crippen LogP contribution in [0.15, 0.2) is 30.3 Å². The molecule has 2 aromatic carbocycles. The molecule has 0 aliphatic carbocycles. The Morgan fingerprint density at radius 1 is 1.11 bits per heavy atom. The quantitative estimate of drug-likeness (QED) is 0.743. The van der Waals surface area contributed by atoms with Gasteiger partial charge < -0.3 is 14.8 Å². The summed E-state index contributed by atoms with van der Waals surface area (Å²) in [7, 11) is 0. The SMILES string of the molecule is CCOc1cc2c(cc1OCC)CN(CC(=O)Nc1cc(Cl)ccc1C)CC2. The molecular formula is C22H27ClN2O3. The van der Waals surface area contributed by atoms with Crippen LogP contribution in [0, 0.1) is 6.92 Å². The molecule has 1 heterocycles. The summed E-state index contributed by atoms with van der Waals surface area (Å²) < 4.78 is 11.5. The van der Waals surface area contributed by atoms with Crippen LogP contribution in [0.3, 0.4) is 0 Å². The molecule has 1 N–H and O–H groups in total. The monoisotopic (exact) mass is 402 g/mol. The van der Waals surface area contributed by atoms with Crippen LogP contribution < -0.4 is 14.8 Å². The van der Waals surface area contributed by atoms with Gasteiger partial charge in [-0.15, -0.1) is 0 Å². The van der Waals surface area contributed by atoms with Crippen molar-refractivity contribution in [3.05, 3.63) is 52.0 Å². The number of nitrogens with one attached hydrogen (secondary N) is 1. The van der Waals surface area contributed by atoms with E-state index in [0.29, 0.717) is 31.3 Å². The fourth-order valence-electron chi connectivity index (χ4n) is 3.42. The maximum Gasteiger partial charge on any atom is 0.238 e. The summed E-state index contributed by atoms with van der Waals surface area (Å²) in [5, 5.41) is 3.58. The van der Waals surface area contributed by atoms with Gasteiger partial charge in [0.15, 0.2) is 11.5 Å². The molecule has 0 bridgehead atoms. The van der Waals surface area contributed by atoms with E-state index in [2.05, 4.69) is 22.3 Å². The molecule has 0 atom stereocenters. The molecule has 0 radical (unpaired) electrons. The van der Waals surface area contributed by atoms with Gasteiger partial charge in [-0.3, -0.25) is 9.69 Å². The fourth-order valence-corrected chi connectivity index (χ4v) is 3.59. The Labute approximate surface area is 171 Å². The van der Waals surface area contributed by atoms with Crippen LogP contribution in [-0.2, 0) is 17.8 Å². The molecule has 1 amide bonds. The molecule has 6 heteroatoms. The smallest absolute Gasteiger partial charge is 0.238 e. The molecule has 28 heavy (non-hydrogen) atoms. The number of fused-ring (bicyclic) bond motifs is 1. The van der Waals surface area contributed by atoms with Gasteiger partial charge in [0.2, 0.25) is 5.91 Å². The number of ether oxygens (including phenoxy) is 2. The molecule has 0 fully saturated rings. The minimum Gasteiger partial charge on any atom is -0.490 e. The number of hydrogen-bond donors (Lipinski definition) is 1. The molecule has 0 spiro atoms. The highest BCUT2D eigenvalue weighted by molar-refractivity contribution is 6.31. The molecule has 1 aliphatic heterocycles. The van der Waals surface area contributed by atoms with Crippen molar-refractivity contribution < 1.29 is 14.3 Å². The van der Waals surface area contributed by atoms with Crippen molar-refractivity contribution in [1.82, 2.24) is 4.90 Å². The van der Waals surface area contributed by atoms with E-state index in [9.17, 15) is 4.79 Å². The maximum absolute atomic E-state index is 12.5. The number of nitrogens with zero attached hydrogens (tertiary/aromatic N) is 1. The third-order valence-corrected chi connectivity index (χ3v) is 5.03. The van der Waals surface area contributed by atoms with Crippen LogP contribution in [0.2, 0.25) is 5.02 Å². The van der Waals surface area contributed by atoms with E-state index in [4.69, 9.17) is 21.1 Å². The highest BCUT2D eigenvalue weighted by Gasteiger charge is 2.21. The zero-order valence-electron chi connectivity index (χ0n) is 16.7. The molecule has 3 rings (SSSR count). The van der Waals surface area contributed by atoms with E-state index >= 15 is 0 Å². The Bertz CT molecular complexity index is 854. The summed E-state index contributed by atoms with van der Waals surface area (Å²) in [5.41, 5.74) is 4.19. The summed E-state index contributed by atoms with van der Waals surface area (Å²) in [6, 6.07) is 9.64. The van der Waals surface area contributed by atoms with Gasteiger partial charge in [0.05, 0.1) is 19.8 Å². The second-order valence-corrected chi connectivity index (χ2v) is 7.34. The van der Waals surface area contributed by atoms with Crippen molar-refractivity contribution >= 4 is 23.2 Å². The molecular weight excluding hydrogens is 376 g/mol. The molecule has 0 saturated heterocycles. The van der Waals surface area contributed by atoms with E-state index in [1.54, 1.807) is 6.07 Å². The van der Waals surface area contributed by atoms with Gasteiger partial charge in [-0.2, -0.15) is 0 Å². The van der Waals surface area contributed by atoms with Gasteiger partial charge in [-0.05, 0) is 68.1 Å². The number of benzene rings is 2. The number of carbonyl (C=O) groups excluding carboxylic acids is 1. The lowest BCUT2D eigenvalue weighted by molar-refractivity contribution is -0.117. The van der Waals surface area contributed by atoms with Gasteiger partial charge in [0, 0.05) is 23.8 Å². The molecule has 1 aliphatic rings. The van der Waals surface area contributed by atoms with Crippen molar-refractivity contribution in [2.45, 2.75) is 33.7 Å². The number of amides is 1. The van der Waals surface area contributed by atoms with Crippen LogP contribution >= 0.6 is 11.6 Å². The van der Waals surface area contributed by atoms with Gasteiger partial charge in [-0.1, -0.05) is 17.7 Å². The average Bonchev–Trinajstić information content (AvgIpc) is 2.65. The first kappa shape index (κ1) is 20.5. The number of aryl methyl sites for hydroxylation is 1. The lowest BCUT2D eigenvalue weighted by Crippen LogP contribution is -2.37. The molecule has 150 valence electrons. The lowest BCUT2D eigenvalue weighted by atomic mass is 9.98. The summed E-state index contributed by atoms with van der Waals surface area (Å²) in [6.07, 6.45) is 0.880. The Hall–Kier alpha value is -2.24. The highest BCUT2D eigenvalue weighted by Crippen LogP contribution is 2.34. The average molecular weight is 403 g/mol. The van der Waals surface area contributed by atoms with Gasteiger partial charge in [-0.25, -0.2) is 0 Å². The molecule has 5 nitrogen and oxygen atoms in total. The molecule has 0 unspecified atom stereocenters. The first-order chi connectivity index (χ1) is 13.5. The maximum atomic E-state index is 12.5. The number of hydrogen-bond acceptors (Lipinski definition) is 4. The van der Waals surface area contributed by atoms with E-state index in [1.807, 2.05) is 32.9 Å². The summed E-state index contributed by atoms with van der Waals surface area (Å²) in [5.74, 6) is 1.53. The highest BCUT2D eigenvalue weighted by atomic mass is 35.5. The topological polar surface area (TPSA) is 50.8 Å². The van der Waals surface area contributed by atoms with E-state index in [1.165, 1.54) is 11.1 Å². The fraction of sp³-hybridized carbons (Fsp3) is 0.409. The number of halogens is 1. The predicted molar refractivity (Wildman–Crippen MR) is 113 cm³/mol. The number of anilines is 1. The van der Waals surface area contributed by atoms with Crippen LogP contribution in [0.5, 0.6) is 11.5 Å². The van der Waals surface area contributed by atoms with Crippen LogP contribution in [0.25, 0.3) is 0 Å². The Kier molecular flexibility index (Phi) is 6.81. The first-order valence-corrected chi connectivity index (χ1v) is 10.1. The molecule has 2 aromatic rings. The standard InChI is InChI=1S/C22H27ClN2O3/c1-4-27-20-10-16-8-9-25(13-17(16)11-21(20)28-5-2)14-22(26)24-19-12-18(23)7-6-15(19)3/h6-7,10-12H,4-5,8-9,13-14H2,1-3H3,(H,24,26). The van der Waals surface area contributed by atoms with Crippen molar-refractivity contribution in [2.24, 2.45) is 0 Å². The van der Waals surface area contributed by atoms with E-state index in [-0.39, 0.29) is 5.91 Å². The van der Waals surface area contributed by atoms with E-state index < -0.39 is 0 Å². The minimum absolute atomic E-state index is 0.0372. The summed E-state index contributed by atoms with van der Waals surface area (Å²) in [6.45, 7) is 8.95. The Morgan fingerprint density at radius 2 is 1.79 bits per heavy atom. The van der Waals surface area contributed by atoms with Crippen LogP contribution in [0.1, 0.15) is 30.5 Å². The van der Waals surface area contributed by atoms with E-state index in [0.717, 1.165) is 35.7 Å². The molecule has 0 saturated carbocycles. The van der Waals surface area contributed by atoms with Crippen molar-refractivity contribution in [2.75, 3.05) is 31.6 Å². The number of carbonyl (C=O) groups is 1. The van der Waals surface area contributed by atoms with Crippen molar-refractivity contribution in [3.63, 3.8) is 0 Å². The Morgan fingerprint density at radius 3 is 2.46 bits per heavy atom. The zero-order chi connectivity index (χ0) is 20.1. The van der Waals surface area contributed by atoms with Gasteiger partial charge >= 0.3 is 0 Å². The third kappa shape index (κ3) is 4.97. The normalized spacial score (nSPS) is 13.7. The van der Waals surface area contributed by atoms with Crippen LogP contribution in [0.4, 0.5) is 5.69 Å². The first-order valence-electron chi connectivity index (χ1n) is 9.69. The summed E-state index contributed by atoms with van der Waals surface area (Å²) in [4.78, 5) is 14.7.